The Bertz CT molecular complexity index is 474. The number of hydrogen-bond donors (Lipinski definition) is 2. The molecule has 0 unspecified atom stereocenters. The molecule has 0 aliphatic heterocycles. The van der Waals surface area contributed by atoms with Gasteiger partial charge in [-0.1, -0.05) is 12.7 Å². The van der Waals surface area contributed by atoms with Gasteiger partial charge in [-0.15, -0.1) is 11.3 Å². The van der Waals surface area contributed by atoms with Gasteiger partial charge in [0.1, 0.15) is 27.9 Å². The van der Waals surface area contributed by atoms with Crippen molar-refractivity contribution >= 4 is 35.6 Å². The summed E-state index contributed by atoms with van der Waals surface area (Å²) in [5.74, 6) is 0. The Morgan fingerprint density at radius 3 is 3.00 bits per heavy atom. The van der Waals surface area contributed by atoms with Crippen molar-refractivity contribution in [2.75, 3.05) is 6.61 Å². The van der Waals surface area contributed by atoms with E-state index < -0.39 is 12.2 Å². The number of alkyl carbamates (subject to hydrolysis) is 1. The van der Waals surface area contributed by atoms with Crippen LogP contribution in [0.15, 0.2) is 16.9 Å². The Morgan fingerprint density at radius 1 is 1.63 bits per heavy atom. The van der Waals surface area contributed by atoms with E-state index in [4.69, 9.17) is 9.84 Å². The number of nitrogens with one attached hydrogen (secondary N) is 1. The minimum Gasteiger partial charge on any atom is -0.449 e. The standard InChI is InChI=1S/C10H12N2O5S2/c1-3-4-16-9(13)11-5-7-12-6(2)8(18-7)19-17-10(14)15/h3H,1,4-5H2,2H3,(H,11,13)(H,14,15). The summed E-state index contributed by atoms with van der Waals surface area (Å²) < 4.78 is 9.74. The molecular weight excluding hydrogens is 292 g/mol. The topological polar surface area (TPSA) is 97.8 Å². The third-order valence-electron chi connectivity index (χ3n) is 1.70. The zero-order chi connectivity index (χ0) is 14.3. The molecule has 9 heteroatoms. The summed E-state index contributed by atoms with van der Waals surface area (Å²) in [4.78, 5) is 25.6. The number of rotatable bonds is 6. The summed E-state index contributed by atoms with van der Waals surface area (Å²) in [7, 11) is 0. The average molecular weight is 304 g/mol. The molecule has 0 aliphatic carbocycles. The molecule has 1 heterocycles. The van der Waals surface area contributed by atoms with Gasteiger partial charge in [0.2, 0.25) is 0 Å². The van der Waals surface area contributed by atoms with Crippen molar-refractivity contribution in [2.24, 2.45) is 0 Å². The van der Waals surface area contributed by atoms with Crippen LogP contribution in [0, 0.1) is 6.92 Å². The summed E-state index contributed by atoms with van der Waals surface area (Å²) >= 11 is 1.96. The van der Waals surface area contributed by atoms with Crippen molar-refractivity contribution in [1.29, 1.82) is 0 Å². The first-order valence-corrected chi connectivity index (χ1v) is 6.64. The van der Waals surface area contributed by atoms with Crippen molar-refractivity contribution in [3.05, 3.63) is 23.4 Å². The lowest BCUT2D eigenvalue weighted by atomic mass is 10.6. The van der Waals surface area contributed by atoms with Crippen LogP contribution in [-0.4, -0.2) is 28.9 Å². The molecule has 0 aliphatic rings. The fraction of sp³-hybridized carbons (Fsp3) is 0.300. The molecule has 0 fully saturated rings. The van der Waals surface area contributed by atoms with Crippen molar-refractivity contribution < 1.29 is 23.6 Å². The Balaban J connectivity index is 2.46. The fourth-order valence-electron chi connectivity index (χ4n) is 0.996. The molecule has 0 saturated carbocycles. The third kappa shape index (κ3) is 5.62. The molecule has 2 N–H and O–H groups in total. The number of carbonyl (C=O) groups is 2. The maximum absolute atomic E-state index is 11.2. The van der Waals surface area contributed by atoms with Gasteiger partial charge in [-0.2, -0.15) is 0 Å². The maximum Gasteiger partial charge on any atom is 0.518 e. The number of thiazole rings is 1. The first-order valence-electron chi connectivity index (χ1n) is 5.08. The number of nitrogens with zero attached hydrogens (tertiary/aromatic N) is 1. The Morgan fingerprint density at radius 2 is 2.37 bits per heavy atom. The highest BCUT2D eigenvalue weighted by molar-refractivity contribution is 7.97. The van der Waals surface area contributed by atoms with Crippen molar-refractivity contribution in [3.8, 4) is 0 Å². The summed E-state index contributed by atoms with van der Waals surface area (Å²) in [6, 6.07) is 0. The quantitative estimate of drug-likeness (QED) is 0.615. The first-order chi connectivity index (χ1) is 9.02. The van der Waals surface area contributed by atoms with Gasteiger partial charge in [0.15, 0.2) is 0 Å². The second kappa shape index (κ2) is 7.64. The van der Waals surface area contributed by atoms with E-state index in [1.165, 1.54) is 17.4 Å². The smallest absolute Gasteiger partial charge is 0.449 e. The van der Waals surface area contributed by atoms with Gasteiger partial charge in [0.25, 0.3) is 0 Å². The van der Waals surface area contributed by atoms with E-state index in [9.17, 15) is 9.59 Å². The van der Waals surface area contributed by atoms with Gasteiger partial charge in [-0.25, -0.2) is 14.6 Å². The van der Waals surface area contributed by atoms with Crippen LogP contribution in [0.5, 0.6) is 0 Å². The normalized spacial score (nSPS) is 9.74. The number of carbonyl (C=O) groups excluding carboxylic acids is 1. The number of aromatic nitrogens is 1. The second-order valence-corrected chi connectivity index (χ2v) is 5.24. The Hall–Kier alpha value is -1.74. The summed E-state index contributed by atoms with van der Waals surface area (Å²) in [5.41, 5.74) is 0.646. The van der Waals surface area contributed by atoms with E-state index in [0.717, 1.165) is 12.0 Å². The van der Waals surface area contributed by atoms with Crippen molar-refractivity contribution in [1.82, 2.24) is 10.3 Å². The molecule has 0 atom stereocenters. The predicted octanol–water partition coefficient (Wildman–Crippen LogP) is 2.57. The second-order valence-electron chi connectivity index (χ2n) is 3.15. The zero-order valence-corrected chi connectivity index (χ0v) is 11.7. The number of aryl methyl sites for hydroxylation is 1. The zero-order valence-electron chi connectivity index (χ0n) is 10.0. The summed E-state index contributed by atoms with van der Waals surface area (Å²) in [5, 5.41) is 11.5. The molecule has 0 aromatic carbocycles. The van der Waals surface area contributed by atoms with E-state index in [-0.39, 0.29) is 13.2 Å². The largest absolute Gasteiger partial charge is 0.518 e. The van der Waals surface area contributed by atoms with Crippen LogP contribution >= 0.6 is 23.4 Å². The summed E-state index contributed by atoms with van der Waals surface area (Å²) in [6.07, 6.45) is -0.473. The van der Waals surface area contributed by atoms with Crippen LogP contribution in [0.3, 0.4) is 0 Å². The monoisotopic (exact) mass is 304 g/mol. The van der Waals surface area contributed by atoms with E-state index in [2.05, 4.69) is 21.1 Å². The van der Waals surface area contributed by atoms with Gasteiger partial charge >= 0.3 is 12.2 Å². The number of carboxylic acid groups (broad SMARTS) is 1. The molecule has 0 spiro atoms. The lowest BCUT2D eigenvalue weighted by Crippen LogP contribution is -2.23. The van der Waals surface area contributed by atoms with Crippen LogP contribution in [0.4, 0.5) is 9.59 Å². The minimum absolute atomic E-state index is 0.135. The highest BCUT2D eigenvalue weighted by Crippen LogP contribution is 2.29. The van der Waals surface area contributed by atoms with Crippen LogP contribution in [0.1, 0.15) is 10.7 Å². The van der Waals surface area contributed by atoms with E-state index in [0.29, 0.717) is 14.9 Å². The van der Waals surface area contributed by atoms with Gasteiger partial charge in [0, 0.05) is 0 Å². The number of amides is 1. The molecule has 0 radical (unpaired) electrons. The van der Waals surface area contributed by atoms with E-state index in [1.54, 1.807) is 6.92 Å². The molecule has 0 bridgehead atoms. The van der Waals surface area contributed by atoms with Crippen LogP contribution in [0.25, 0.3) is 0 Å². The lowest BCUT2D eigenvalue weighted by Gasteiger charge is -2.02. The lowest BCUT2D eigenvalue weighted by molar-refractivity contribution is 0.152. The van der Waals surface area contributed by atoms with Crippen LogP contribution in [0.2, 0.25) is 0 Å². The molecule has 1 aromatic heterocycles. The van der Waals surface area contributed by atoms with Gasteiger partial charge in [0.05, 0.1) is 12.2 Å². The first kappa shape index (κ1) is 15.3. The SMILES string of the molecule is C=CCOC(=O)NCc1nc(C)c(SOC(=O)O)s1. The van der Waals surface area contributed by atoms with Crippen molar-refractivity contribution in [3.63, 3.8) is 0 Å². The fourth-order valence-corrected chi connectivity index (χ4v) is 2.57. The molecule has 19 heavy (non-hydrogen) atoms. The molecule has 1 aromatic rings. The Kier molecular flexibility index (Phi) is 6.16. The highest BCUT2D eigenvalue weighted by Gasteiger charge is 2.12. The predicted molar refractivity (Wildman–Crippen MR) is 70.2 cm³/mol. The molecule has 0 saturated heterocycles. The van der Waals surface area contributed by atoms with Gasteiger partial charge in [-0.3, -0.25) is 0 Å². The van der Waals surface area contributed by atoms with Gasteiger partial charge < -0.3 is 19.3 Å². The van der Waals surface area contributed by atoms with Crippen LogP contribution in [-0.2, 0) is 15.5 Å². The van der Waals surface area contributed by atoms with E-state index in [1.807, 2.05) is 0 Å². The number of hydrogen-bond acceptors (Lipinski definition) is 7. The minimum atomic E-state index is -1.37. The molecular formula is C10H12N2O5S2. The number of ether oxygens (including phenoxy) is 1. The molecule has 7 nitrogen and oxygen atoms in total. The molecule has 1 amide bonds. The van der Waals surface area contributed by atoms with Crippen LogP contribution < -0.4 is 5.32 Å². The summed E-state index contributed by atoms with van der Waals surface area (Å²) in [6.45, 7) is 5.49. The Labute approximate surface area is 117 Å². The molecule has 1 rings (SSSR count). The maximum atomic E-state index is 11.2. The highest BCUT2D eigenvalue weighted by atomic mass is 32.2. The average Bonchev–Trinajstić information content (AvgIpc) is 2.72. The molecule has 104 valence electrons. The van der Waals surface area contributed by atoms with Gasteiger partial charge in [-0.05, 0) is 6.92 Å². The van der Waals surface area contributed by atoms with Crippen molar-refractivity contribution in [2.45, 2.75) is 17.7 Å². The van der Waals surface area contributed by atoms with E-state index >= 15 is 0 Å². The third-order valence-corrected chi connectivity index (χ3v) is 3.78.